The van der Waals surface area contributed by atoms with E-state index in [1.807, 2.05) is 0 Å². The molecule has 14 nitrogen and oxygen atoms in total. The molecule has 0 aliphatic heterocycles. The van der Waals surface area contributed by atoms with E-state index >= 15 is 0 Å². The van der Waals surface area contributed by atoms with Gasteiger partial charge >= 0.3 is 11.9 Å². The monoisotopic (exact) mass is 527 g/mol. The van der Waals surface area contributed by atoms with Crippen LogP contribution in [-0.4, -0.2) is 80.8 Å². The number of aromatic hydroxyl groups is 1. The number of carboxylic acid groups (broad SMARTS) is 2. The molecule has 0 spiro atoms. The second-order valence-corrected chi connectivity index (χ2v) is 8.15. The van der Waals surface area contributed by atoms with Gasteiger partial charge in [-0.1, -0.05) is 12.1 Å². The van der Waals surface area contributed by atoms with Crippen molar-refractivity contribution in [2.24, 2.45) is 11.5 Å². The van der Waals surface area contributed by atoms with Crippen LogP contribution in [0.15, 0.2) is 24.3 Å². The van der Waals surface area contributed by atoms with Gasteiger partial charge in [0.2, 0.25) is 23.6 Å². The van der Waals surface area contributed by atoms with Crippen LogP contribution in [0, 0.1) is 0 Å². The zero-order chi connectivity index (χ0) is 27.4. The minimum absolute atomic E-state index is 0.0476. The molecule has 4 amide bonds. The molecule has 4 unspecified atom stereocenters. The van der Waals surface area contributed by atoms with Gasteiger partial charge in [-0.2, -0.15) is 12.6 Å². The van der Waals surface area contributed by atoms with E-state index in [-0.39, 0.29) is 24.3 Å². The molecule has 0 fully saturated rings. The highest BCUT2D eigenvalue weighted by Gasteiger charge is 2.30. The lowest BCUT2D eigenvalue weighted by atomic mass is 10.0. The summed E-state index contributed by atoms with van der Waals surface area (Å²) in [5.41, 5.74) is 11.1. The van der Waals surface area contributed by atoms with Crippen molar-refractivity contribution in [1.29, 1.82) is 0 Å². The van der Waals surface area contributed by atoms with Gasteiger partial charge < -0.3 is 42.7 Å². The molecular weight excluding hydrogens is 498 g/mol. The summed E-state index contributed by atoms with van der Waals surface area (Å²) < 4.78 is 0. The number of carbonyl (C=O) groups excluding carboxylic acids is 4. The number of primary amides is 1. The molecule has 0 saturated carbocycles. The molecule has 15 heteroatoms. The number of amides is 4. The molecule has 0 aromatic heterocycles. The Morgan fingerprint density at radius 1 is 0.861 bits per heavy atom. The number of aliphatic carboxylic acids is 2. The van der Waals surface area contributed by atoms with E-state index in [1.165, 1.54) is 24.3 Å². The minimum atomic E-state index is -1.46. The summed E-state index contributed by atoms with van der Waals surface area (Å²) in [7, 11) is 0. The number of carboxylic acids is 2. The van der Waals surface area contributed by atoms with Gasteiger partial charge in [0.25, 0.3) is 0 Å². The number of phenols is 1. The highest BCUT2D eigenvalue weighted by Crippen LogP contribution is 2.12. The second kappa shape index (κ2) is 14.5. The van der Waals surface area contributed by atoms with Crippen molar-refractivity contribution in [2.45, 2.75) is 49.9 Å². The van der Waals surface area contributed by atoms with Crippen molar-refractivity contribution < 1.29 is 44.1 Å². The summed E-state index contributed by atoms with van der Waals surface area (Å²) in [5, 5.41) is 34.5. The Morgan fingerprint density at radius 2 is 1.39 bits per heavy atom. The molecule has 0 aliphatic rings. The molecule has 0 radical (unpaired) electrons. The third kappa shape index (κ3) is 10.6. The molecule has 36 heavy (non-hydrogen) atoms. The topological polar surface area (TPSA) is 251 Å². The van der Waals surface area contributed by atoms with Gasteiger partial charge in [-0.3, -0.25) is 24.0 Å². The van der Waals surface area contributed by atoms with Crippen molar-refractivity contribution >= 4 is 48.2 Å². The molecule has 10 N–H and O–H groups in total. The maximum atomic E-state index is 13.0. The van der Waals surface area contributed by atoms with Crippen LogP contribution in [0.3, 0.4) is 0 Å². The fourth-order valence-corrected chi connectivity index (χ4v) is 3.18. The third-order valence-corrected chi connectivity index (χ3v) is 5.21. The van der Waals surface area contributed by atoms with E-state index in [9.17, 15) is 39.0 Å². The summed E-state index contributed by atoms with van der Waals surface area (Å²) in [6, 6.07) is 0.0598. The standard InChI is InChI=1S/C21H29N5O9S/c22-12(8-16(23)28)18(31)24-13(5-6-17(29)30)19(32)25-14(7-10-1-3-11(27)4-2-10)20(33)26-15(9-36)21(34)35/h1-4,12-15,27,36H,5-9,22H2,(H2,23,28)(H,24,31)(H,25,32)(H,26,33)(H,29,30)(H,34,35). The van der Waals surface area contributed by atoms with Gasteiger partial charge in [0.15, 0.2) is 0 Å². The predicted octanol–water partition coefficient (Wildman–Crippen LogP) is -2.53. The van der Waals surface area contributed by atoms with Gasteiger partial charge in [0.05, 0.1) is 12.5 Å². The highest BCUT2D eigenvalue weighted by atomic mass is 32.1. The number of nitrogens with one attached hydrogen (secondary N) is 3. The van der Waals surface area contributed by atoms with Crippen molar-refractivity contribution in [3.63, 3.8) is 0 Å². The van der Waals surface area contributed by atoms with E-state index in [2.05, 4.69) is 28.6 Å². The van der Waals surface area contributed by atoms with Gasteiger partial charge in [-0.05, 0) is 24.1 Å². The number of benzene rings is 1. The molecule has 0 saturated heterocycles. The van der Waals surface area contributed by atoms with Crippen LogP contribution in [0.2, 0.25) is 0 Å². The van der Waals surface area contributed by atoms with Crippen LogP contribution in [0.1, 0.15) is 24.8 Å². The zero-order valence-electron chi connectivity index (χ0n) is 19.0. The van der Waals surface area contributed by atoms with Crippen LogP contribution < -0.4 is 27.4 Å². The Morgan fingerprint density at radius 3 is 1.89 bits per heavy atom. The Labute approximate surface area is 211 Å². The van der Waals surface area contributed by atoms with Crippen LogP contribution >= 0.6 is 12.6 Å². The fourth-order valence-electron chi connectivity index (χ4n) is 2.93. The fraction of sp³-hybridized carbons (Fsp3) is 0.429. The quantitative estimate of drug-likeness (QED) is 0.108. The number of rotatable bonds is 15. The van der Waals surface area contributed by atoms with E-state index < -0.39 is 72.6 Å². The third-order valence-electron chi connectivity index (χ3n) is 4.84. The molecule has 4 atom stereocenters. The number of carbonyl (C=O) groups is 6. The molecule has 0 heterocycles. The van der Waals surface area contributed by atoms with Crippen LogP contribution in [0.25, 0.3) is 0 Å². The molecule has 1 aromatic carbocycles. The number of phenolic OH excluding ortho intramolecular Hbond substituents is 1. The van der Waals surface area contributed by atoms with Crippen LogP contribution in [-0.2, 0) is 35.2 Å². The second-order valence-electron chi connectivity index (χ2n) is 7.78. The first-order valence-corrected chi connectivity index (χ1v) is 11.3. The number of nitrogens with two attached hydrogens (primary N) is 2. The normalized spacial score (nSPS) is 13.9. The lowest BCUT2D eigenvalue weighted by molar-refractivity contribution is -0.141. The Bertz CT molecular complexity index is 973. The smallest absolute Gasteiger partial charge is 0.327 e. The molecular formula is C21H29N5O9S. The predicted molar refractivity (Wildman–Crippen MR) is 128 cm³/mol. The summed E-state index contributed by atoms with van der Waals surface area (Å²) in [6.45, 7) is 0. The van der Waals surface area contributed by atoms with Crippen molar-refractivity contribution in [2.75, 3.05) is 5.75 Å². The Balaban J connectivity index is 3.14. The van der Waals surface area contributed by atoms with Crippen LogP contribution in [0.4, 0.5) is 0 Å². The van der Waals surface area contributed by atoms with Gasteiger partial charge in [-0.25, -0.2) is 4.79 Å². The van der Waals surface area contributed by atoms with Crippen molar-refractivity contribution in [3.8, 4) is 5.75 Å². The van der Waals surface area contributed by atoms with Gasteiger partial charge in [0, 0.05) is 18.6 Å². The largest absolute Gasteiger partial charge is 0.508 e. The summed E-state index contributed by atoms with van der Waals surface area (Å²) in [6.07, 6.45) is -1.57. The first kappa shape index (κ1) is 30.2. The van der Waals surface area contributed by atoms with E-state index in [0.29, 0.717) is 5.56 Å². The van der Waals surface area contributed by atoms with Crippen molar-refractivity contribution in [1.82, 2.24) is 16.0 Å². The molecule has 1 rings (SSSR count). The van der Waals surface area contributed by atoms with Crippen molar-refractivity contribution in [3.05, 3.63) is 29.8 Å². The summed E-state index contributed by atoms with van der Waals surface area (Å²) >= 11 is 3.88. The van der Waals surface area contributed by atoms with E-state index in [0.717, 1.165) is 0 Å². The Kier molecular flexibility index (Phi) is 12.2. The molecule has 198 valence electrons. The lowest BCUT2D eigenvalue weighted by Gasteiger charge is -2.25. The minimum Gasteiger partial charge on any atom is -0.508 e. The average molecular weight is 528 g/mol. The van der Waals surface area contributed by atoms with E-state index in [1.54, 1.807) is 0 Å². The Hall–Kier alpha value is -3.85. The maximum absolute atomic E-state index is 13.0. The molecule has 0 aliphatic carbocycles. The number of hydrogen-bond acceptors (Lipinski definition) is 9. The maximum Gasteiger partial charge on any atom is 0.327 e. The average Bonchev–Trinajstić information content (AvgIpc) is 2.79. The summed E-state index contributed by atoms with van der Waals surface area (Å²) in [5.74, 6) is -6.56. The highest BCUT2D eigenvalue weighted by molar-refractivity contribution is 7.80. The number of hydrogen-bond donors (Lipinski definition) is 9. The molecule has 1 aromatic rings. The van der Waals surface area contributed by atoms with Gasteiger partial charge in [-0.15, -0.1) is 0 Å². The first-order valence-electron chi connectivity index (χ1n) is 10.6. The molecule has 0 bridgehead atoms. The summed E-state index contributed by atoms with van der Waals surface area (Å²) in [4.78, 5) is 71.5. The van der Waals surface area contributed by atoms with Crippen LogP contribution in [0.5, 0.6) is 5.75 Å². The number of thiol groups is 1. The first-order chi connectivity index (χ1) is 16.8. The van der Waals surface area contributed by atoms with E-state index in [4.69, 9.17) is 16.6 Å². The SMILES string of the molecule is NC(=O)CC(N)C(=O)NC(CCC(=O)O)C(=O)NC(Cc1ccc(O)cc1)C(=O)NC(CS)C(=O)O. The van der Waals surface area contributed by atoms with Gasteiger partial charge in [0.1, 0.15) is 23.9 Å². The zero-order valence-corrected chi connectivity index (χ0v) is 19.9. The lowest BCUT2D eigenvalue weighted by Crippen LogP contribution is -2.58.